The summed E-state index contributed by atoms with van der Waals surface area (Å²) in [7, 11) is 1.72. The van der Waals surface area contributed by atoms with Crippen molar-refractivity contribution >= 4 is 0 Å². The maximum absolute atomic E-state index is 5.48. The minimum Gasteiger partial charge on any atom is -0.496 e. The Kier molecular flexibility index (Phi) is 3.96. The van der Waals surface area contributed by atoms with Gasteiger partial charge in [0.15, 0.2) is 5.82 Å². The number of aromatic nitrogens is 5. The van der Waals surface area contributed by atoms with Crippen LogP contribution in [0.4, 0.5) is 0 Å². The average Bonchev–Trinajstić information content (AvgIpc) is 3.36. The smallest absolute Gasteiger partial charge is 0.241 e. The van der Waals surface area contributed by atoms with Gasteiger partial charge >= 0.3 is 0 Å². The highest BCUT2D eigenvalue weighted by Crippen LogP contribution is 2.33. The van der Waals surface area contributed by atoms with Crippen LogP contribution in [0.2, 0.25) is 0 Å². The molecule has 124 valence electrons. The number of likely N-dealkylation sites (tertiary alicyclic amines) is 1. The molecular formula is C16H18N6O2. The van der Waals surface area contributed by atoms with Gasteiger partial charge in [-0.1, -0.05) is 23.4 Å². The van der Waals surface area contributed by atoms with E-state index >= 15 is 0 Å². The number of H-pyrrole nitrogens is 1. The Labute approximate surface area is 138 Å². The van der Waals surface area contributed by atoms with Crippen LogP contribution in [0.3, 0.4) is 0 Å². The van der Waals surface area contributed by atoms with Gasteiger partial charge in [-0.05, 0) is 24.6 Å². The lowest BCUT2D eigenvalue weighted by molar-refractivity contribution is 0.265. The SMILES string of the molecule is COc1ccccc1[C@H]1CCN(Cc2nc(-c3ncn[nH]3)no2)C1. The first-order chi connectivity index (χ1) is 11.8. The topological polar surface area (TPSA) is 93.0 Å². The highest BCUT2D eigenvalue weighted by atomic mass is 16.5. The molecule has 1 aromatic carbocycles. The molecule has 0 amide bonds. The zero-order chi connectivity index (χ0) is 16.4. The Morgan fingerprint density at radius 3 is 3.12 bits per heavy atom. The van der Waals surface area contributed by atoms with Crippen molar-refractivity contribution in [2.45, 2.75) is 18.9 Å². The number of benzene rings is 1. The Hall–Kier alpha value is -2.74. The molecule has 0 aliphatic carbocycles. The van der Waals surface area contributed by atoms with Crippen LogP contribution in [0.5, 0.6) is 5.75 Å². The van der Waals surface area contributed by atoms with Crippen molar-refractivity contribution in [3.05, 3.63) is 42.0 Å². The summed E-state index contributed by atoms with van der Waals surface area (Å²) in [6.07, 6.45) is 2.51. The third-order valence-electron chi connectivity index (χ3n) is 4.30. The molecule has 8 heteroatoms. The largest absolute Gasteiger partial charge is 0.496 e. The quantitative estimate of drug-likeness (QED) is 0.765. The molecule has 0 unspecified atom stereocenters. The fourth-order valence-electron chi connectivity index (χ4n) is 3.15. The van der Waals surface area contributed by atoms with Gasteiger partial charge in [-0.2, -0.15) is 10.1 Å². The van der Waals surface area contributed by atoms with E-state index in [1.54, 1.807) is 7.11 Å². The Balaban J connectivity index is 1.42. The number of rotatable bonds is 5. The zero-order valence-corrected chi connectivity index (χ0v) is 13.3. The predicted molar refractivity (Wildman–Crippen MR) is 85.3 cm³/mol. The lowest BCUT2D eigenvalue weighted by Crippen LogP contribution is -2.20. The molecule has 8 nitrogen and oxygen atoms in total. The Morgan fingerprint density at radius 2 is 2.29 bits per heavy atom. The van der Waals surface area contributed by atoms with Gasteiger partial charge in [0.25, 0.3) is 0 Å². The first kappa shape index (κ1) is 14.8. The minimum atomic E-state index is 0.433. The van der Waals surface area contributed by atoms with Crippen LogP contribution >= 0.6 is 0 Å². The normalized spacial score (nSPS) is 18.1. The second kappa shape index (κ2) is 6.40. The van der Waals surface area contributed by atoms with Crippen molar-refractivity contribution in [1.82, 2.24) is 30.2 Å². The maximum atomic E-state index is 5.48. The number of methoxy groups -OCH3 is 1. The monoisotopic (exact) mass is 326 g/mol. The Bertz CT molecular complexity index is 801. The van der Waals surface area contributed by atoms with Crippen molar-refractivity contribution in [2.75, 3.05) is 20.2 Å². The molecule has 2 aromatic heterocycles. The van der Waals surface area contributed by atoms with Crippen LogP contribution < -0.4 is 4.74 Å². The van der Waals surface area contributed by atoms with Crippen LogP contribution in [0, 0.1) is 0 Å². The summed E-state index contributed by atoms with van der Waals surface area (Å²) in [4.78, 5) is 10.7. The third kappa shape index (κ3) is 2.88. The van der Waals surface area contributed by atoms with Gasteiger partial charge in [0, 0.05) is 12.5 Å². The number of para-hydroxylation sites is 1. The summed E-state index contributed by atoms with van der Waals surface area (Å²) in [5.41, 5.74) is 1.26. The van der Waals surface area contributed by atoms with Gasteiger partial charge in [-0.3, -0.25) is 10.00 Å². The van der Waals surface area contributed by atoms with E-state index in [9.17, 15) is 0 Å². The summed E-state index contributed by atoms with van der Waals surface area (Å²) in [6, 6.07) is 8.21. The summed E-state index contributed by atoms with van der Waals surface area (Å²) < 4.78 is 10.8. The van der Waals surface area contributed by atoms with Crippen LogP contribution in [0.25, 0.3) is 11.6 Å². The zero-order valence-electron chi connectivity index (χ0n) is 13.3. The number of hydrogen-bond donors (Lipinski definition) is 1. The lowest BCUT2D eigenvalue weighted by atomic mass is 9.97. The van der Waals surface area contributed by atoms with Crippen LogP contribution in [-0.4, -0.2) is 50.4 Å². The molecule has 0 spiro atoms. The van der Waals surface area contributed by atoms with Crippen molar-refractivity contribution in [1.29, 1.82) is 0 Å². The second-order valence-electron chi connectivity index (χ2n) is 5.81. The molecule has 1 fully saturated rings. The van der Waals surface area contributed by atoms with Gasteiger partial charge in [-0.25, -0.2) is 4.98 Å². The highest BCUT2D eigenvalue weighted by molar-refractivity contribution is 5.39. The first-order valence-electron chi connectivity index (χ1n) is 7.87. The molecule has 1 saturated heterocycles. The standard InChI is InChI=1S/C16H18N6O2/c1-23-13-5-3-2-4-12(13)11-6-7-22(8-11)9-14-19-16(21-24-14)15-17-10-18-20-15/h2-5,10-11H,6-9H2,1H3,(H,17,18,20)/t11-/m0/s1. The fourth-order valence-corrected chi connectivity index (χ4v) is 3.15. The summed E-state index contributed by atoms with van der Waals surface area (Å²) in [5.74, 6) is 2.94. The van der Waals surface area contributed by atoms with Gasteiger partial charge in [0.1, 0.15) is 12.1 Å². The molecule has 3 aromatic rings. The van der Waals surface area contributed by atoms with E-state index in [-0.39, 0.29) is 0 Å². The van der Waals surface area contributed by atoms with Crippen molar-refractivity contribution < 1.29 is 9.26 Å². The number of hydrogen-bond acceptors (Lipinski definition) is 7. The third-order valence-corrected chi connectivity index (χ3v) is 4.30. The van der Waals surface area contributed by atoms with Gasteiger partial charge < -0.3 is 9.26 Å². The fraction of sp³-hybridized carbons (Fsp3) is 0.375. The minimum absolute atomic E-state index is 0.433. The van der Waals surface area contributed by atoms with Crippen LogP contribution in [0.15, 0.2) is 35.1 Å². The molecule has 24 heavy (non-hydrogen) atoms. The molecule has 1 N–H and O–H groups in total. The van der Waals surface area contributed by atoms with Crippen molar-refractivity contribution in [3.63, 3.8) is 0 Å². The summed E-state index contributed by atoms with van der Waals surface area (Å²) in [5, 5.41) is 10.5. The van der Waals surface area contributed by atoms with E-state index in [4.69, 9.17) is 9.26 Å². The molecule has 0 saturated carbocycles. The number of ether oxygens (including phenoxy) is 1. The lowest BCUT2D eigenvalue weighted by Gasteiger charge is -2.16. The Morgan fingerprint density at radius 1 is 1.38 bits per heavy atom. The van der Waals surface area contributed by atoms with Gasteiger partial charge in [0.05, 0.1) is 13.7 Å². The molecule has 3 heterocycles. The summed E-state index contributed by atoms with van der Waals surface area (Å²) >= 11 is 0. The second-order valence-corrected chi connectivity index (χ2v) is 5.81. The molecule has 1 aliphatic rings. The van der Waals surface area contributed by atoms with E-state index in [1.807, 2.05) is 12.1 Å². The average molecular weight is 326 g/mol. The molecule has 1 aliphatic heterocycles. The van der Waals surface area contributed by atoms with Crippen molar-refractivity contribution in [2.24, 2.45) is 0 Å². The van der Waals surface area contributed by atoms with E-state index in [0.29, 0.717) is 30.0 Å². The molecular weight excluding hydrogens is 308 g/mol. The first-order valence-corrected chi connectivity index (χ1v) is 7.87. The maximum Gasteiger partial charge on any atom is 0.241 e. The predicted octanol–water partition coefficient (Wildman–Crippen LogP) is 1.85. The molecule has 0 radical (unpaired) electrons. The van der Waals surface area contributed by atoms with E-state index in [0.717, 1.165) is 25.3 Å². The highest BCUT2D eigenvalue weighted by Gasteiger charge is 2.27. The summed E-state index contributed by atoms with van der Waals surface area (Å²) in [6.45, 7) is 2.57. The molecule has 1 atom stereocenters. The molecule has 0 bridgehead atoms. The van der Waals surface area contributed by atoms with E-state index < -0.39 is 0 Å². The number of aromatic amines is 1. The van der Waals surface area contributed by atoms with E-state index in [1.165, 1.54) is 11.9 Å². The number of nitrogens with zero attached hydrogens (tertiary/aromatic N) is 5. The molecule has 4 rings (SSSR count). The van der Waals surface area contributed by atoms with Crippen molar-refractivity contribution in [3.8, 4) is 17.4 Å². The van der Waals surface area contributed by atoms with Gasteiger partial charge in [0.2, 0.25) is 11.7 Å². The van der Waals surface area contributed by atoms with Crippen LogP contribution in [0.1, 0.15) is 23.8 Å². The van der Waals surface area contributed by atoms with Crippen LogP contribution in [-0.2, 0) is 6.54 Å². The number of nitrogens with one attached hydrogen (secondary N) is 1. The van der Waals surface area contributed by atoms with Gasteiger partial charge in [-0.15, -0.1) is 0 Å². The van der Waals surface area contributed by atoms with E-state index in [2.05, 4.69) is 42.4 Å².